The van der Waals surface area contributed by atoms with Gasteiger partial charge in [0.25, 0.3) is 0 Å². The Labute approximate surface area is 113 Å². The molecule has 3 rings (SSSR count). The van der Waals surface area contributed by atoms with Gasteiger partial charge in [0.1, 0.15) is 17.3 Å². The van der Waals surface area contributed by atoms with E-state index in [1.165, 1.54) is 18.4 Å². The number of benzene rings is 1. The maximum Gasteiger partial charge on any atom is 0.132 e. The molecule has 0 saturated heterocycles. The molecule has 2 aromatic rings. The van der Waals surface area contributed by atoms with E-state index in [0.717, 1.165) is 17.1 Å². The number of nitrogens with zero attached hydrogens (tertiary/aromatic N) is 2. The van der Waals surface area contributed by atoms with E-state index in [1.54, 1.807) is 0 Å². The van der Waals surface area contributed by atoms with E-state index in [4.69, 9.17) is 12.2 Å². The molecule has 3 nitrogen and oxygen atoms in total. The predicted octanol–water partition coefficient (Wildman–Crippen LogP) is 2.95. The summed E-state index contributed by atoms with van der Waals surface area (Å²) >= 11 is 0. The van der Waals surface area contributed by atoms with Crippen molar-refractivity contribution in [2.75, 3.05) is 5.73 Å². The zero-order valence-electron chi connectivity index (χ0n) is 11.1. The number of aromatic nitrogens is 2. The molecular formula is C16H17N3. The number of aryl methyl sites for hydroxylation is 1. The predicted molar refractivity (Wildman–Crippen MR) is 77.6 cm³/mol. The molecule has 96 valence electrons. The summed E-state index contributed by atoms with van der Waals surface area (Å²) in [5, 5.41) is 0. The molecule has 3 heteroatoms. The van der Waals surface area contributed by atoms with Crippen LogP contribution in [0.1, 0.15) is 30.1 Å². The molecule has 1 saturated carbocycles. The van der Waals surface area contributed by atoms with Crippen LogP contribution in [-0.2, 0) is 6.54 Å². The fourth-order valence-corrected chi connectivity index (χ4v) is 2.53. The normalized spacial score (nSPS) is 14.3. The molecule has 1 aliphatic carbocycles. The van der Waals surface area contributed by atoms with Gasteiger partial charge in [-0.25, -0.2) is 4.98 Å². The Hall–Kier alpha value is -2.21. The lowest BCUT2D eigenvalue weighted by atomic mass is 10.0. The maximum atomic E-state index is 6.22. The minimum atomic E-state index is 0.469. The summed E-state index contributed by atoms with van der Waals surface area (Å²) in [6.07, 6.45) is 7.91. The molecule has 0 amide bonds. The summed E-state index contributed by atoms with van der Waals surface area (Å²) in [4.78, 5) is 4.61. The summed E-state index contributed by atoms with van der Waals surface area (Å²) < 4.78 is 1.89. The molecule has 1 aliphatic rings. The van der Waals surface area contributed by atoms with Crippen LogP contribution >= 0.6 is 0 Å². The summed E-state index contributed by atoms with van der Waals surface area (Å²) in [6, 6.07) is 8.41. The number of hydrogen-bond donors (Lipinski definition) is 1. The van der Waals surface area contributed by atoms with Gasteiger partial charge in [-0.05, 0) is 31.2 Å². The van der Waals surface area contributed by atoms with Crippen LogP contribution in [0.15, 0.2) is 24.3 Å². The van der Waals surface area contributed by atoms with Crippen molar-refractivity contribution in [1.82, 2.24) is 9.55 Å². The molecule has 0 radical (unpaired) electrons. The van der Waals surface area contributed by atoms with E-state index < -0.39 is 0 Å². The molecule has 1 aromatic carbocycles. The standard InChI is InChI=1S/C16H17N3/c1-3-10-19-11(2)18-15(16(19)17)14-7-5-4-6-13(14)12-8-9-12/h1,4-7,12H,8-10,17H2,2H3. The van der Waals surface area contributed by atoms with Crippen LogP contribution in [0.5, 0.6) is 0 Å². The largest absolute Gasteiger partial charge is 0.383 e. The second-order valence-electron chi connectivity index (χ2n) is 5.04. The van der Waals surface area contributed by atoms with Gasteiger partial charge in [0.15, 0.2) is 0 Å². The Bertz CT molecular complexity index is 657. The minimum Gasteiger partial charge on any atom is -0.383 e. The molecule has 0 unspecified atom stereocenters. The van der Waals surface area contributed by atoms with Gasteiger partial charge in [-0.3, -0.25) is 0 Å². The number of terminal acetylenes is 1. The molecule has 19 heavy (non-hydrogen) atoms. The lowest BCUT2D eigenvalue weighted by Crippen LogP contribution is -2.03. The van der Waals surface area contributed by atoms with E-state index in [1.807, 2.05) is 17.6 Å². The van der Waals surface area contributed by atoms with Gasteiger partial charge in [0.2, 0.25) is 0 Å². The Morgan fingerprint density at radius 3 is 2.84 bits per heavy atom. The molecule has 1 heterocycles. The van der Waals surface area contributed by atoms with Crippen molar-refractivity contribution in [3.05, 3.63) is 35.7 Å². The summed E-state index contributed by atoms with van der Waals surface area (Å²) in [6.45, 7) is 2.41. The lowest BCUT2D eigenvalue weighted by Gasteiger charge is -2.07. The van der Waals surface area contributed by atoms with Crippen molar-refractivity contribution >= 4 is 5.82 Å². The zero-order chi connectivity index (χ0) is 13.4. The number of imidazole rings is 1. The van der Waals surface area contributed by atoms with Crippen LogP contribution in [0, 0.1) is 19.3 Å². The quantitative estimate of drug-likeness (QED) is 0.852. The first kappa shape index (κ1) is 11.9. The van der Waals surface area contributed by atoms with Gasteiger partial charge < -0.3 is 10.3 Å². The van der Waals surface area contributed by atoms with Gasteiger partial charge in [-0.15, -0.1) is 6.42 Å². The Balaban J connectivity index is 2.13. The van der Waals surface area contributed by atoms with E-state index in [-0.39, 0.29) is 0 Å². The number of hydrogen-bond acceptors (Lipinski definition) is 2. The van der Waals surface area contributed by atoms with E-state index in [9.17, 15) is 0 Å². The highest BCUT2D eigenvalue weighted by Gasteiger charge is 2.27. The van der Waals surface area contributed by atoms with Gasteiger partial charge in [0, 0.05) is 5.56 Å². The SMILES string of the molecule is C#CCn1c(C)nc(-c2ccccc2C2CC2)c1N. The number of anilines is 1. The number of rotatable bonds is 3. The highest BCUT2D eigenvalue weighted by molar-refractivity contribution is 5.74. The maximum absolute atomic E-state index is 6.22. The molecular weight excluding hydrogens is 234 g/mol. The Morgan fingerprint density at radius 2 is 2.16 bits per heavy atom. The van der Waals surface area contributed by atoms with E-state index in [2.05, 4.69) is 29.1 Å². The average Bonchev–Trinajstić information content (AvgIpc) is 3.22. The molecule has 1 aromatic heterocycles. The first-order valence-corrected chi connectivity index (χ1v) is 6.57. The smallest absolute Gasteiger partial charge is 0.132 e. The van der Waals surface area contributed by atoms with Gasteiger partial charge >= 0.3 is 0 Å². The average molecular weight is 251 g/mol. The van der Waals surface area contributed by atoms with Crippen LogP contribution in [0.3, 0.4) is 0 Å². The lowest BCUT2D eigenvalue weighted by molar-refractivity contribution is 0.807. The second kappa shape index (κ2) is 4.47. The molecule has 0 aliphatic heterocycles. The third kappa shape index (κ3) is 2.00. The first-order chi connectivity index (χ1) is 9.22. The van der Waals surface area contributed by atoms with Crippen LogP contribution in [0.2, 0.25) is 0 Å². The minimum absolute atomic E-state index is 0.469. The van der Waals surface area contributed by atoms with Crippen LogP contribution < -0.4 is 5.73 Å². The van der Waals surface area contributed by atoms with Crippen molar-refractivity contribution in [3.8, 4) is 23.6 Å². The van der Waals surface area contributed by atoms with E-state index in [0.29, 0.717) is 18.3 Å². The third-order valence-corrected chi connectivity index (χ3v) is 3.68. The molecule has 0 spiro atoms. The van der Waals surface area contributed by atoms with E-state index >= 15 is 0 Å². The Morgan fingerprint density at radius 1 is 1.42 bits per heavy atom. The summed E-state index contributed by atoms with van der Waals surface area (Å²) in [7, 11) is 0. The fourth-order valence-electron chi connectivity index (χ4n) is 2.53. The van der Waals surface area contributed by atoms with Crippen molar-refractivity contribution in [3.63, 3.8) is 0 Å². The van der Waals surface area contributed by atoms with Gasteiger partial charge in [-0.2, -0.15) is 0 Å². The van der Waals surface area contributed by atoms with Crippen molar-refractivity contribution < 1.29 is 0 Å². The van der Waals surface area contributed by atoms with Crippen LogP contribution in [0.4, 0.5) is 5.82 Å². The fraction of sp³-hybridized carbons (Fsp3) is 0.312. The van der Waals surface area contributed by atoms with Crippen molar-refractivity contribution in [2.24, 2.45) is 0 Å². The topological polar surface area (TPSA) is 43.8 Å². The van der Waals surface area contributed by atoms with Gasteiger partial charge in [-0.1, -0.05) is 30.2 Å². The second-order valence-corrected chi connectivity index (χ2v) is 5.04. The molecule has 0 atom stereocenters. The van der Waals surface area contributed by atoms with Gasteiger partial charge in [0.05, 0.1) is 6.54 Å². The monoisotopic (exact) mass is 251 g/mol. The molecule has 0 bridgehead atoms. The van der Waals surface area contributed by atoms with Crippen molar-refractivity contribution in [2.45, 2.75) is 32.2 Å². The summed E-state index contributed by atoms with van der Waals surface area (Å²) in [5.74, 6) is 4.84. The van der Waals surface area contributed by atoms with Crippen LogP contribution in [-0.4, -0.2) is 9.55 Å². The number of nitrogens with two attached hydrogens (primary N) is 1. The number of nitrogen functional groups attached to an aromatic ring is 1. The van der Waals surface area contributed by atoms with Crippen molar-refractivity contribution in [1.29, 1.82) is 0 Å². The Kier molecular flexibility index (Phi) is 2.79. The molecule has 2 N–H and O–H groups in total. The highest BCUT2D eigenvalue weighted by atomic mass is 15.1. The zero-order valence-corrected chi connectivity index (χ0v) is 11.1. The van der Waals surface area contributed by atoms with Crippen LogP contribution in [0.25, 0.3) is 11.3 Å². The summed E-state index contributed by atoms with van der Waals surface area (Å²) in [5.41, 5.74) is 9.60. The molecule has 1 fully saturated rings. The highest BCUT2D eigenvalue weighted by Crippen LogP contribution is 2.45. The third-order valence-electron chi connectivity index (χ3n) is 3.68. The first-order valence-electron chi connectivity index (χ1n) is 6.57.